The Kier molecular flexibility index (Phi) is 5.42. The third-order valence-corrected chi connectivity index (χ3v) is 7.69. The fraction of sp³-hybridized carbons (Fsp3) is 0.111. The van der Waals surface area contributed by atoms with Gasteiger partial charge in [0.2, 0.25) is 0 Å². The molecule has 0 spiro atoms. The standard InChI is InChI=1S/C27H22N2O4S/c1-3-34(31,32)21-11-7-10-18(12-21)22-13-19(27(30)33-2)15-24-25(22)23-14-20(16-28-26(23)29-24)17-8-5-4-6-9-17/h4-16H,3H2,1-2H3,(H,28,29). The first-order valence-electron chi connectivity index (χ1n) is 10.8. The lowest BCUT2D eigenvalue weighted by Crippen LogP contribution is -2.04. The van der Waals surface area contributed by atoms with Crippen molar-refractivity contribution < 1.29 is 17.9 Å². The van der Waals surface area contributed by atoms with E-state index in [2.05, 4.69) is 16.0 Å². The molecule has 5 aromatic rings. The normalized spacial score (nSPS) is 11.7. The topological polar surface area (TPSA) is 89.1 Å². The molecule has 0 fully saturated rings. The van der Waals surface area contributed by atoms with Crippen LogP contribution < -0.4 is 0 Å². The van der Waals surface area contributed by atoms with Crippen molar-refractivity contribution in [2.75, 3.05) is 12.9 Å². The maximum atomic E-state index is 12.5. The highest BCUT2D eigenvalue weighted by molar-refractivity contribution is 7.91. The van der Waals surface area contributed by atoms with Gasteiger partial charge in [-0.15, -0.1) is 0 Å². The highest BCUT2D eigenvalue weighted by atomic mass is 32.2. The van der Waals surface area contributed by atoms with E-state index in [1.54, 1.807) is 37.3 Å². The van der Waals surface area contributed by atoms with E-state index >= 15 is 0 Å². The Morgan fingerprint density at radius 2 is 1.71 bits per heavy atom. The molecular weight excluding hydrogens is 448 g/mol. The van der Waals surface area contributed by atoms with Gasteiger partial charge in [-0.25, -0.2) is 18.2 Å². The zero-order valence-corrected chi connectivity index (χ0v) is 19.5. The number of fused-ring (bicyclic) bond motifs is 3. The van der Waals surface area contributed by atoms with Crippen molar-refractivity contribution in [2.24, 2.45) is 0 Å². The van der Waals surface area contributed by atoms with E-state index in [0.29, 0.717) is 16.8 Å². The van der Waals surface area contributed by atoms with Gasteiger partial charge >= 0.3 is 5.97 Å². The molecule has 5 rings (SSSR count). The summed E-state index contributed by atoms with van der Waals surface area (Å²) in [7, 11) is -2.06. The van der Waals surface area contributed by atoms with Crippen molar-refractivity contribution in [1.29, 1.82) is 0 Å². The van der Waals surface area contributed by atoms with Crippen molar-refractivity contribution in [3.63, 3.8) is 0 Å². The SMILES string of the molecule is CCS(=O)(=O)c1cccc(-c2cc(C(=O)OC)cc3[nH]c4ncc(-c5ccccc5)cc4c23)c1. The van der Waals surface area contributed by atoms with Gasteiger partial charge in [0.05, 0.1) is 23.3 Å². The van der Waals surface area contributed by atoms with Crippen LogP contribution in [0, 0.1) is 0 Å². The van der Waals surface area contributed by atoms with E-state index in [9.17, 15) is 13.2 Å². The van der Waals surface area contributed by atoms with Crippen LogP contribution in [0.25, 0.3) is 44.2 Å². The molecule has 0 saturated heterocycles. The van der Waals surface area contributed by atoms with Gasteiger partial charge in [0.25, 0.3) is 0 Å². The average molecular weight is 471 g/mol. The summed E-state index contributed by atoms with van der Waals surface area (Å²) in [5.74, 6) is -0.469. The summed E-state index contributed by atoms with van der Waals surface area (Å²) >= 11 is 0. The number of benzene rings is 3. The van der Waals surface area contributed by atoms with E-state index < -0.39 is 15.8 Å². The van der Waals surface area contributed by atoms with Gasteiger partial charge in [0, 0.05) is 28.0 Å². The number of pyridine rings is 1. The summed E-state index contributed by atoms with van der Waals surface area (Å²) in [6.07, 6.45) is 1.81. The first-order chi connectivity index (χ1) is 16.4. The first-order valence-corrected chi connectivity index (χ1v) is 12.5. The predicted octanol–water partition coefficient (Wildman–Crippen LogP) is 5.63. The number of methoxy groups -OCH3 is 1. The van der Waals surface area contributed by atoms with Crippen molar-refractivity contribution in [1.82, 2.24) is 9.97 Å². The fourth-order valence-electron chi connectivity index (χ4n) is 4.19. The molecule has 2 aromatic heterocycles. The second-order valence-electron chi connectivity index (χ2n) is 7.98. The van der Waals surface area contributed by atoms with E-state index in [0.717, 1.165) is 33.0 Å². The maximum Gasteiger partial charge on any atom is 0.337 e. The lowest BCUT2D eigenvalue weighted by Gasteiger charge is -2.10. The van der Waals surface area contributed by atoms with Crippen molar-refractivity contribution in [2.45, 2.75) is 11.8 Å². The average Bonchev–Trinajstić information content (AvgIpc) is 3.26. The number of esters is 1. The van der Waals surface area contributed by atoms with Gasteiger partial charge in [0.15, 0.2) is 9.84 Å². The molecule has 0 unspecified atom stereocenters. The number of aromatic amines is 1. The van der Waals surface area contributed by atoms with Crippen LogP contribution in [0.2, 0.25) is 0 Å². The molecule has 6 nitrogen and oxygen atoms in total. The zero-order valence-electron chi connectivity index (χ0n) is 18.7. The molecule has 0 amide bonds. The van der Waals surface area contributed by atoms with E-state index in [1.807, 2.05) is 42.6 Å². The molecule has 34 heavy (non-hydrogen) atoms. The second-order valence-corrected chi connectivity index (χ2v) is 10.3. The van der Waals surface area contributed by atoms with Gasteiger partial charge < -0.3 is 9.72 Å². The number of aromatic nitrogens is 2. The molecule has 0 aliphatic heterocycles. The van der Waals surface area contributed by atoms with Gasteiger partial charge in [-0.1, -0.05) is 49.4 Å². The quantitative estimate of drug-likeness (QED) is 0.336. The van der Waals surface area contributed by atoms with Crippen LogP contribution >= 0.6 is 0 Å². The summed E-state index contributed by atoms with van der Waals surface area (Å²) in [5, 5.41) is 1.74. The monoisotopic (exact) mass is 470 g/mol. The van der Waals surface area contributed by atoms with E-state index in [4.69, 9.17) is 4.74 Å². The number of sulfone groups is 1. The highest BCUT2D eigenvalue weighted by Crippen LogP contribution is 2.37. The molecule has 0 aliphatic rings. The summed E-state index contributed by atoms with van der Waals surface area (Å²) < 4.78 is 30.0. The molecule has 2 heterocycles. The number of hydrogen-bond acceptors (Lipinski definition) is 5. The van der Waals surface area contributed by atoms with Crippen LogP contribution in [-0.2, 0) is 14.6 Å². The van der Waals surface area contributed by atoms with Crippen molar-refractivity contribution in [3.05, 3.63) is 84.6 Å². The zero-order chi connectivity index (χ0) is 23.9. The number of nitrogens with one attached hydrogen (secondary N) is 1. The molecular formula is C27H22N2O4S. The Balaban J connectivity index is 1.83. The molecule has 3 aromatic carbocycles. The summed E-state index contributed by atoms with van der Waals surface area (Å²) in [6, 6.07) is 22.3. The summed E-state index contributed by atoms with van der Waals surface area (Å²) in [4.78, 5) is 20.6. The minimum Gasteiger partial charge on any atom is -0.465 e. The number of ether oxygens (including phenoxy) is 1. The largest absolute Gasteiger partial charge is 0.465 e. The van der Waals surface area contributed by atoms with Crippen LogP contribution in [0.4, 0.5) is 0 Å². The Bertz CT molecular complexity index is 1660. The first kappa shape index (κ1) is 21.9. The van der Waals surface area contributed by atoms with Crippen molar-refractivity contribution >= 4 is 37.7 Å². The molecule has 1 N–H and O–H groups in total. The molecule has 0 saturated carbocycles. The third-order valence-electron chi connectivity index (χ3n) is 5.96. The molecule has 0 aliphatic carbocycles. The molecule has 0 atom stereocenters. The molecule has 7 heteroatoms. The van der Waals surface area contributed by atoms with Gasteiger partial charge in [0.1, 0.15) is 5.65 Å². The number of nitrogens with zero attached hydrogens (tertiary/aromatic N) is 1. The van der Waals surface area contributed by atoms with Crippen LogP contribution in [0.3, 0.4) is 0 Å². The molecule has 0 bridgehead atoms. The molecule has 0 radical (unpaired) electrons. The number of H-pyrrole nitrogens is 1. The summed E-state index contributed by atoms with van der Waals surface area (Å²) in [6.45, 7) is 1.62. The number of carbonyl (C=O) groups is 1. The van der Waals surface area contributed by atoms with Crippen molar-refractivity contribution in [3.8, 4) is 22.3 Å². The Hall–Kier alpha value is -3.97. The maximum absolute atomic E-state index is 12.5. The Labute approximate surface area is 197 Å². The smallest absolute Gasteiger partial charge is 0.337 e. The van der Waals surface area contributed by atoms with Crippen LogP contribution in [0.5, 0.6) is 0 Å². The Morgan fingerprint density at radius 3 is 2.44 bits per heavy atom. The number of rotatable bonds is 5. The minimum atomic E-state index is -3.40. The highest BCUT2D eigenvalue weighted by Gasteiger charge is 2.19. The van der Waals surface area contributed by atoms with E-state index in [-0.39, 0.29) is 10.6 Å². The van der Waals surface area contributed by atoms with Gasteiger partial charge in [-0.3, -0.25) is 0 Å². The third kappa shape index (κ3) is 3.74. The van der Waals surface area contributed by atoms with Crippen LogP contribution in [-0.4, -0.2) is 37.2 Å². The lowest BCUT2D eigenvalue weighted by atomic mass is 9.96. The minimum absolute atomic E-state index is 0.00546. The number of carbonyl (C=O) groups excluding carboxylic acids is 1. The van der Waals surface area contributed by atoms with Gasteiger partial charge in [-0.2, -0.15) is 0 Å². The summed E-state index contributed by atoms with van der Waals surface area (Å²) in [5.41, 5.74) is 5.17. The van der Waals surface area contributed by atoms with E-state index in [1.165, 1.54) is 7.11 Å². The van der Waals surface area contributed by atoms with Crippen LogP contribution in [0.1, 0.15) is 17.3 Å². The fourth-order valence-corrected chi connectivity index (χ4v) is 5.11. The number of hydrogen-bond donors (Lipinski definition) is 1. The lowest BCUT2D eigenvalue weighted by molar-refractivity contribution is 0.0601. The predicted molar refractivity (Wildman–Crippen MR) is 134 cm³/mol. The van der Waals surface area contributed by atoms with Gasteiger partial charge in [-0.05, 0) is 47.0 Å². The molecule has 170 valence electrons. The Morgan fingerprint density at radius 1 is 0.941 bits per heavy atom. The van der Waals surface area contributed by atoms with Crippen LogP contribution in [0.15, 0.2) is 83.9 Å². The second kappa shape index (κ2) is 8.43.